The summed E-state index contributed by atoms with van der Waals surface area (Å²) in [7, 11) is 0. The molecule has 0 spiro atoms. The number of hydrogen-bond acceptors (Lipinski definition) is 5. The number of aromatic nitrogens is 1. The van der Waals surface area contributed by atoms with Crippen molar-refractivity contribution in [2.45, 2.75) is 26.3 Å². The number of carbonyl (C=O) groups excluding carboxylic acids is 1. The molecule has 2 rings (SSSR count). The Morgan fingerprint density at radius 1 is 1.33 bits per heavy atom. The van der Waals surface area contributed by atoms with Gasteiger partial charge in [0.2, 0.25) is 0 Å². The monoisotopic (exact) mass is 394 g/mol. The largest absolute Gasteiger partial charge is 0.381 e. The second-order valence-electron chi connectivity index (χ2n) is 5.11. The molecule has 0 aliphatic rings. The number of thiazole rings is 1. The van der Waals surface area contributed by atoms with E-state index < -0.39 is 0 Å². The molecule has 1 amide bonds. The van der Waals surface area contributed by atoms with Crippen molar-refractivity contribution in [1.82, 2.24) is 4.98 Å². The van der Waals surface area contributed by atoms with Gasteiger partial charge in [-0.1, -0.05) is 0 Å². The highest BCUT2D eigenvalue weighted by atomic mass is 35.5. The van der Waals surface area contributed by atoms with Gasteiger partial charge in [-0.15, -0.1) is 36.2 Å². The zero-order valence-corrected chi connectivity index (χ0v) is 15.8. The second-order valence-corrected chi connectivity index (χ2v) is 6.05. The van der Waals surface area contributed by atoms with E-state index in [9.17, 15) is 9.18 Å². The lowest BCUT2D eigenvalue weighted by atomic mass is 10.2. The normalized spacial score (nSPS) is 9.88. The van der Waals surface area contributed by atoms with E-state index in [0.29, 0.717) is 30.0 Å². The number of hydrogen-bond donors (Lipinski definition) is 3. The molecule has 0 aliphatic heterocycles. The van der Waals surface area contributed by atoms with E-state index in [2.05, 4.69) is 15.6 Å². The Morgan fingerprint density at radius 2 is 2.04 bits per heavy atom. The SMILES string of the molecule is CC(C)Nc1cc(F)ccc1NC(=O)c1csc(CCN)n1.Cl.Cl. The molecular weight excluding hydrogens is 374 g/mol. The Balaban J connectivity index is 0.00000264. The first-order valence-electron chi connectivity index (χ1n) is 7.01. The molecule has 0 bridgehead atoms. The highest BCUT2D eigenvalue weighted by Crippen LogP contribution is 2.24. The first kappa shape index (κ1) is 22.6. The molecule has 1 aromatic carbocycles. The lowest BCUT2D eigenvalue weighted by molar-refractivity contribution is 0.102. The highest BCUT2D eigenvalue weighted by molar-refractivity contribution is 7.09. The molecule has 0 aliphatic carbocycles. The Hall–Kier alpha value is -1.41. The first-order chi connectivity index (χ1) is 10.5. The minimum Gasteiger partial charge on any atom is -0.381 e. The van der Waals surface area contributed by atoms with Crippen LogP contribution in [-0.4, -0.2) is 23.5 Å². The molecule has 4 N–H and O–H groups in total. The zero-order chi connectivity index (χ0) is 16.1. The van der Waals surface area contributed by atoms with Gasteiger partial charge >= 0.3 is 0 Å². The predicted molar refractivity (Wildman–Crippen MR) is 102 cm³/mol. The number of rotatable bonds is 6. The van der Waals surface area contributed by atoms with Crippen molar-refractivity contribution < 1.29 is 9.18 Å². The van der Waals surface area contributed by atoms with Gasteiger partial charge in [-0.25, -0.2) is 9.37 Å². The van der Waals surface area contributed by atoms with E-state index in [-0.39, 0.29) is 42.6 Å². The molecule has 134 valence electrons. The Morgan fingerprint density at radius 3 is 2.67 bits per heavy atom. The van der Waals surface area contributed by atoms with Gasteiger partial charge in [0.1, 0.15) is 11.5 Å². The lowest BCUT2D eigenvalue weighted by Gasteiger charge is -2.15. The summed E-state index contributed by atoms with van der Waals surface area (Å²) in [4.78, 5) is 16.5. The van der Waals surface area contributed by atoms with Crippen molar-refractivity contribution in [2.24, 2.45) is 5.73 Å². The number of halogens is 3. The number of anilines is 2. The summed E-state index contributed by atoms with van der Waals surface area (Å²) in [5, 5.41) is 8.39. The number of benzene rings is 1. The van der Waals surface area contributed by atoms with Crippen LogP contribution in [0.5, 0.6) is 0 Å². The van der Waals surface area contributed by atoms with Crippen LogP contribution in [0, 0.1) is 5.82 Å². The highest BCUT2D eigenvalue weighted by Gasteiger charge is 2.13. The Bertz CT molecular complexity index is 667. The molecule has 5 nitrogen and oxygen atoms in total. The smallest absolute Gasteiger partial charge is 0.275 e. The van der Waals surface area contributed by atoms with E-state index in [4.69, 9.17) is 5.73 Å². The molecule has 0 unspecified atom stereocenters. The van der Waals surface area contributed by atoms with Crippen molar-refractivity contribution >= 4 is 53.4 Å². The molecule has 0 saturated carbocycles. The topological polar surface area (TPSA) is 80.0 Å². The molecule has 0 saturated heterocycles. The van der Waals surface area contributed by atoms with Crippen LogP contribution in [0.2, 0.25) is 0 Å². The molecule has 24 heavy (non-hydrogen) atoms. The maximum absolute atomic E-state index is 13.4. The second kappa shape index (κ2) is 10.5. The minimum absolute atomic E-state index is 0. The van der Waals surface area contributed by atoms with E-state index in [1.54, 1.807) is 5.38 Å². The Labute approximate surface area is 157 Å². The number of nitrogens with one attached hydrogen (secondary N) is 2. The van der Waals surface area contributed by atoms with Gasteiger partial charge in [-0.3, -0.25) is 4.79 Å². The van der Waals surface area contributed by atoms with E-state index in [1.807, 2.05) is 13.8 Å². The zero-order valence-electron chi connectivity index (χ0n) is 13.3. The van der Waals surface area contributed by atoms with Gasteiger partial charge in [0.25, 0.3) is 5.91 Å². The fraction of sp³-hybridized carbons (Fsp3) is 0.333. The summed E-state index contributed by atoms with van der Waals surface area (Å²) in [6.07, 6.45) is 0.647. The Kier molecular flexibility index (Phi) is 9.84. The van der Waals surface area contributed by atoms with Crippen LogP contribution >= 0.6 is 36.2 Å². The van der Waals surface area contributed by atoms with Crippen LogP contribution in [-0.2, 0) is 6.42 Å². The van der Waals surface area contributed by atoms with Gasteiger partial charge in [0.05, 0.1) is 16.4 Å². The van der Waals surface area contributed by atoms with E-state index in [1.165, 1.54) is 29.5 Å². The molecule has 0 atom stereocenters. The fourth-order valence-corrected chi connectivity index (χ4v) is 2.69. The van der Waals surface area contributed by atoms with Gasteiger partial charge in [0, 0.05) is 17.8 Å². The first-order valence-corrected chi connectivity index (χ1v) is 7.89. The van der Waals surface area contributed by atoms with Gasteiger partial charge in [-0.05, 0) is 38.6 Å². The molecule has 1 heterocycles. The number of nitrogens with two attached hydrogens (primary N) is 1. The van der Waals surface area contributed by atoms with Crippen LogP contribution in [0.15, 0.2) is 23.6 Å². The molecule has 9 heteroatoms. The average Bonchev–Trinajstić information content (AvgIpc) is 2.90. The van der Waals surface area contributed by atoms with Crippen LogP contribution in [0.25, 0.3) is 0 Å². The number of amides is 1. The maximum atomic E-state index is 13.4. The van der Waals surface area contributed by atoms with Crippen molar-refractivity contribution in [2.75, 3.05) is 17.2 Å². The summed E-state index contributed by atoms with van der Waals surface area (Å²) in [6, 6.07) is 4.32. The average molecular weight is 395 g/mol. The molecule has 0 fully saturated rings. The van der Waals surface area contributed by atoms with Gasteiger partial charge in [0.15, 0.2) is 0 Å². The predicted octanol–water partition coefficient (Wildman–Crippen LogP) is 3.70. The van der Waals surface area contributed by atoms with Crippen LogP contribution in [0.1, 0.15) is 29.3 Å². The third-order valence-corrected chi connectivity index (χ3v) is 3.73. The third-order valence-electron chi connectivity index (χ3n) is 2.82. The van der Waals surface area contributed by atoms with Crippen LogP contribution < -0.4 is 16.4 Å². The number of nitrogens with zero attached hydrogens (tertiary/aromatic N) is 1. The van der Waals surface area contributed by atoms with Gasteiger partial charge < -0.3 is 16.4 Å². The van der Waals surface area contributed by atoms with Crippen molar-refractivity contribution in [3.63, 3.8) is 0 Å². The van der Waals surface area contributed by atoms with Crippen molar-refractivity contribution in [3.05, 3.63) is 40.1 Å². The summed E-state index contributed by atoms with van der Waals surface area (Å²) in [6.45, 7) is 4.38. The fourth-order valence-electron chi connectivity index (χ4n) is 1.90. The summed E-state index contributed by atoms with van der Waals surface area (Å²) in [5.74, 6) is -0.682. The maximum Gasteiger partial charge on any atom is 0.275 e. The molecule has 0 radical (unpaired) electrons. The van der Waals surface area contributed by atoms with Crippen molar-refractivity contribution in [3.8, 4) is 0 Å². The lowest BCUT2D eigenvalue weighted by Crippen LogP contribution is -2.17. The summed E-state index contributed by atoms with van der Waals surface area (Å²) in [5.41, 5.74) is 6.88. The van der Waals surface area contributed by atoms with E-state index >= 15 is 0 Å². The van der Waals surface area contributed by atoms with Gasteiger partial charge in [-0.2, -0.15) is 0 Å². The summed E-state index contributed by atoms with van der Waals surface area (Å²) >= 11 is 1.40. The molecule has 2 aromatic rings. The van der Waals surface area contributed by atoms with Crippen LogP contribution in [0.3, 0.4) is 0 Å². The quantitative estimate of drug-likeness (QED) is 0.697. The molecule has 1 aromatic heterocycles. The van der Waals surface area contributed by atoms with Crippen LogP contribution in [0.4, 0.5) is 15.8 Å². The minimum atomic E-state index is -0.361. The standard InChI is InChI=1S/C15H19FN4OS.2ClH/c1-9(2)18-12-7-10(16)3-4-11(12)20-15(21)13-8-22-14(19-13)5-6-17;;/h3-4,7-9,18H,5-6,17H2,1-2H3,(H,20,21);2*1H. The van der Waals surface area contributed by atoms with Crippen molar-refractivity contribution in [1.29, 1.82) is 0 Å². The summed E-state index contributed by atoms with van der Waals surface area (Å²) < 4.78 is 13.4. The van der Waals surface area contributed by atoms with E-state index in [0.717, 1.165) is 5.01 Å². The number of carbonyl (C=O) groups is 1. The molecular formula is C15H21Cl2FN4OS. The third kappa shape index (κ3) is 6.24.